The fourth-order valence-electron chi connectivity index (χ4n) is 4.01. The van der Waals surface area contributed by atoms with Crippen LogP contribution in [0, 0.1) is 20.8 Å². The first-order chi connectivity index (χ1) is 14.1. The van der Waals surface area contributed by atoms with Gasteiger partial charge in [-0.05, 0) is 39.7 Å². The van der Waals surface area contributed by atoms with E-state index in [0.29, 0.717) is 37.4 Å². The van der Waals surface area contributed by atoms with Gasteiger partial charge in [-0.25, -0.2) is 4.98 Å². The first-order valence-corrected chi connectivity index (χ1v) is 9.68. The van der Waals surface area contributed by atoms with E-state index in [0.717, 1.165) is 11.6 Å². The molecule has 0 aromatic carbocycles. The number of aromatic nitrogens is 3. The van der Waals surface area contributed by atoms with E-state index in [1.54, 1.807) is 18.7 Å². The lowest BCUT2D eigenvalue weighted by Gasteiger charge is -2.32. The van der Waals surface area contributed by atoms with Gasteiger partial charge in [-0.1, -0.05) is 10.3 Å². The van der Waals surface area contributed by atoms with Crippen molar-refractivity contribution >= 4 is 17.0 Å². The molecule has 30 heavy (non-hydrogen) atoms. The first-order valence-electron chi connectivity index (χ1n) is 9.68. The predicted molar refractivity (Wildman–Crippen MR) is 99.8 cm³/mol. The molecule has 1 atom stereocenters. The number of fused-ring (bicyclic) bond motifs is 1. The van der Waals surface area contributed by atoms with Gasteiger partial charge in [0.15, 0.2) is 0 Å². The Labute approximate surface area is 170 Å². The maximum atomic E-state index is 13.6. The van der Waals surface area contributed by atoms with Crippen LogP contribution in [0.2, 0.25) is 0 Å². The molecule has 0 spiro atoms. The van der Waals surface area contributed by atoms with Crippen LogP contribution in [0.25, 0.3) is 11.1 Å². The molecule has 10 heteroatoms. The molecular formula is C20H21F3N4O3. The molecule has 1 saturated heterocycles. The fraction of sp³-hybridized carbons (Fsp3) is 0.500. The van der Waals surface area contributed by atoms with Gasteiger partial charge in [0.1, 0.15) is 5.76 Å². The van der Waals surface area contributed by atoms with Crippen LogP contribution >= 0.6 is 0 Å². The van der Waals surface area contributed by atoms with E-state index in [-0.39, 0.29) is 40.7 Å². The summed E-state index contributed by atoms with van der Waals surface area (Å²) in [6.07, 6.45) is -3.10. The van der Waals surface area contributed by atoms with Gasteiger partial charge in [0.2, 0.25) is 5.91 Å². The van der Waals surface area contributed by atoms with Crippen LogP contribution in [0.3, 0.4) is 0 Å². The molecule has 0 radical (unpaired) electrons. The third kappa shape index (κ3) is 3.66. The van der Waals surface area contributed by atoms with E-state index in [4.69, 9.17) is 9.05 Å². The third-order valence-corrected chi connectivity index (χ3v) is 5.64. The maximum Gasteiger partial charge on any atom is 0.417 e. The van der Waals surface area contributed by atoms with Crippen molar-refractivity contribution in [1.82, 2.24) is 20.2 Å². The summed E-state index contributed by atoms with van der Waals surface area (Å²) in [6, 6.07) is 1.07. The number of likely N-dealkylation sites (tertiary alicyclic amines) is 1. The average Bonchev–Trinajstić information content (AvgIpc) is 3.23. The summed E-state index contributed by atoms with van der Waals surface area (Å²) in [7, 11) is 0. The third-order valence-electron chi connectivity index (χ3n) is 5.64. The molecule has 3 aromatic rings. The molecule has 3 aromatic heterocycles. The predicted octanol–water partition coefficient (Wildman–Crippen LogP) is 4.10. The second-order valence-electron chi connectivity index (χ2n) is 7.70. The first kappa shape index (κ1) is 20.4. The van der Waals surface area contributed by atoms with Crippen molar-refractivity contribution in [3.05, 3.63) is 40.0 Å². The molecule has 7 nitrogen and oxygen atoms in total. The molecule has 0 unspecified atom stereocenters. The van der Waals surface area contributed by atoms with E-state index in [1.807, 2.05) is 0 Å². The number of hydrogen-bond donors (Lipinski definition) is 0. The second kappa shape index (κ2) is 7.41. The van der Waals surface area contributed by atoms with Gasteiger partial charge >= 0.3 is 6.18 Å². The van der Waals surface area contributed by atoms with Crippen molar-refractivity contribution < 1.29 is 27.0 Å². The Morgan fingerprint density at radius 3 is 2.60 bits per heavy atom. The summed E-state index contributed by atoms with van der Waals surface area (Å²) >= 11 is 0. The monoisotopic (exact) mass is 422 g/mol. The number of nitrogens with zero attached hydrogens (tertiary/aromatic N) is 4. The van der Waals surface area contributed by atoms with Crippen molar-refractivity contribution in [1.29, 1.82) is 0 Å². The van der Waals surface area contributed by atoms with Crippen LogP contribution < -0.4 is 0 Å². The number of amides is 1. The summed E-state index contributed by atoms with van der Waals surface area (Å²) in [4.78, 5) is 18.8. The maximum absolute atomic E-state index is 13.6. The summed E-state index contributed by atoms with van der Waals surface area (Å²) < 4.78 is 51.1. The summed E-state index contributed by atoms with van der Waals surface area (Å²) in [5.41, 5.74) is 0.893. The van der Waals surface area contributed by atoms with E-state index in [1.165, 1.54) is 6.92 Å². The molecule has 0 aliphatic carbocycles. The number of rotatable bonds is 3. The van der Waals surface area contributed by atoms with Crippen molar-refractivity contribution in [2.75, 3.05) is 13.1 Å². The Morgan fingerprint density at radius 2 is 1.93 bits per heavy atom. The van der Waals surface area contributed by atoms with Crippen LogP contribution in [0.4, 0.5) is 13.2 Å². The summed E-state index contributed by atoms with van der Waals surface area (Å²) in [6.45, 7) is 5.83. The van der Waals surface area contributed by atoms with Crippen molar-refractivity contribution in [3.63, 3.8) is 0 Å². The van der Waals surface area contributed by atoms with Crippen LogP contribution in [-0.2, 0) is 17.4 Å². The Morgan fingerprint density at radius 1 is 1.20 bits per heavy atom. The summed E-state index contributed by atoms with van der Waals surface area (Å²) in [5.74, 6) is 0.169. The highest BCUT2D eigenvalue weighted by Gasteiger charge is 2.37. The standard InChI is InChI=1S/C20H21F3N4O3/c1-10-14(12(3)29-25-10)7-17(28)27-6-4-5-13(9-27)16-8-15(20(21,22)23)18-11(2)26-30-19(18)24-16/h8,13H,4-7,9H2,1-3H3/t13-/m0/s1. The minimum atomic E-state index is -4.56. The lowest BCUT2D eigenvalue weighted by atomic mass is 9.92. The number of hydrogen-bond acceptors (Lipinski definition) is 6. The Bertz CT molecular complexity index is 1080. The molecule has 1 aliphatic heterocycles. The highest BCUT2D eigenvalue weighted by atomic mass is 19.4. The number of alkyl halides is 3. The molecule has 1 aliphatic rings. The number of carbonyl (C=O) groups excluding carboxylic acids is 1. The molecule has 0 saturated carbocycles. The number of halogens is 3. The minimum Gasteiger partial charge on any atom is -0.361 e. The number of carbonyl (C=O) groups is 1. The van der Waals surface area contributed by atoms with Gasteiger partial charge in [-0.2, -0.15) is 13.2 Å². The largest absolute Gasteiger partial charge is 0.417 e. The minimum absolute atomic E-state index is 0.110. The van der Waals surface area contributed by atoms with Crippen LogP contribution in [0.5, 0.6) is 0 Å². The molecular weight excluding hydrogens is 401 g/mol. The molecule has 1 fully saturated rings. The Kier molecular flexibility index (Phi) is 5.03. The zero-order valence-electron chi connectivity index (χ0n) is 16.8. The fourth-order valence-corrected chi connectivity index (χ4v) is 4.01. The molecule has 0 bridgehead atoms. The zero-order chi connectivity index (χ0) is 21.6. The average molecular weight is 422 g/mol. The molecule has 1 amide bonds. The number of piperidine rings is 1. The van der Waals surface area contributed by atoms with Gasteiger partial charge in [-0.15, -0.1) is 0 Å². The lowest BCUT2D eigenvalue weighted by Crippen LogP contribution is -2.40. The molecule has 160 valence electrons. The molecule has 4 rings (SSSR count). The number of pyridine rings is 1. The van der Waals surface area contributed by atoms with Gasteiger partial charge < -0.3 is 13.9 Å². The van der Waals surface area contributed by atoms with Crippen LogP contribution in [-0.4, -0.2) is 39.2 Å². The highest BCUT2D eigenvalue weighted by molar-refractivity contribution is 5.81. The van der Waals surface area contributed by atoms with Crippen LogP contribution in [0.1, 0.15) is 52.7 Å². The zero-order valence-corrected chi connectivity index (χ0v) is 16.8. The van der Waals surface area contributed by atoms with E-state index in [9.17, 15) is 18.0 Å². The van der Waals surface area contributed by atoms with Crippen LogP contribution in [0.15, 0.2) is 15.1 Å². The second-order valence-corrected chi connectivity index (χ2v) is 7.70. The van der Waals surface area contributed by atoms with E-state index in [2.05, 4.69) is 15.3 Å². The van der Waals surface area contributed by atoms with Crippen molar-refractivity contribution in [2.24, 2.45) is 0 Å². The highest BCUT2D eigenvalue weighted by Crippen LogP contribution is 2.38. The van der Waals surface area contributed by atoms with Crippen molar-refractivity contribution in [3.8, 4) is 0 Å². The molecule has 4 heterocycles. The molecule has 0 N–H and O–H groups in total. The summed E-state index contributed by atoms with van der Waals surface area (Å²) in [5, 5.41) is 7.39. The van der Waals surface area contributed by atoms with E-state index >= 15 is 0 Å². The van der Waals surface area contributed by atoms with E-state index < -0.39 is 11.7 Å². The Hall–Kier alpha value is -2.91. The van der Waals surface area contributed by atoms with Gasteiger partial charge in [-0.3, -0.25) is 4.79 Å². The topological polar surface area (TPSA) is 85.3 Å². The van der Waals surface area contributed by atoms with Crippen molar-refractivity contribution in [2.45, 2.75) is 52.1 Å². The van der Waals surface area contributed by atoms with Gasteiger partial charge in [0.25, 0.3) is 5.71 Å². The van der Waals surface area contributed by atoms with Gasteiger partial charge in [0, 0.05) is 24.6 Å². The smallest absolute Gasteiger partial charge is 0.361 e. The van der Waals surface area contributed by atoms with Gasteiger partial charge in [0.05, 0.1) is 34.5 Å². The number of aryl methyl sites for hydroxylation is 3. The Balaban J connectivity index is 1.60. The SMILES string of the molecule is Cc1noc(C)c1CC(=O)N1CCC[C@H](c2cc(C(F)(F)F)c3c(C)noc3n2)C1. The normalized spacial score (nSPS) is 17.7. The lowest BCUT2D eigenvalue weighted by molar-refractivity contribution is -0.136. The quantitative estimate of drug-likeness (QED) is 0.632.